The number of carbonyl (C=O) groups excluding carboxylic acids is 1. The molecule has 1 saturated heterocycles. The fraction of sp³-hybridized carbons (Fsp3) is 0.231. The highest BCUT2D eigenvalue weighted by Crippen LogP contribution is 2.38. The van der Waals surface area contributed by atoms with Crippen LogP contribution in [-0.2, 0) is 0 Å². The van der Waals surface area contributed by atoms with Gasteiger partial charge in [0, 0.05) is 66.6 Å². The van der Waals surface area contributed by atoms with Crippen LogP contribution in [0.4, 0.5) is 10.1 Å². The van der Waals surface area contributed by atoms with Crippen LogP contribution in [0.1, 0.15) is 16.9 Å². The first-order valence-corrected chi connectivity index (χ1v) is 17.6. The third kappa shape index (κ3) is 7.61. The number of ether oxygens (including phenoxy) is 3. The number of pyridine rings is 1. The van der Waals surface area contributed by atoms with E-state index in [-0.39, 0.29) is 17.1 Å². The Morgan fingerprint density at radius 2 is 1.69 bits per heavy atom. The lowest BCUT2D eigenvalue weighted by atomic mass is 10.1. The van der Waals surface area contributed by atoms with Gasteiger partial charge in [0.1, 0.15) is 5.75 Å². The maximum absolute atomic E-state index is 15.5. The van der Waals surface area contributed by atoms with Gasteiger partial charge in [0.15, 0.2) is 28.8 Å². The minimum absolute atomic E-state index is 0.0740. The van der Waals surface area contributed by atoms with Gasteiger partial charge >= 0.3 is 0 Å². The summed E-state index contributed by atoms with van der Waals surface area (Å²) in [7, 11) is 3.70. The molecule has 6 aromatic rings. The predicted octanol–water partition coefficient (Wildman–Crippen LogP) is 6.91. The molecule has 11 nitrogen and oxygen atoms in total. The fourth-order valence-electron chi connectivity index (χ4n) is 6.11. The van der Waals surface area contributed by atoms with Gasteiger partial charge in [-0.1, -0.05) is 28.1 Å². The van der Waals surface area contributed by atoms with Crippen molar-refractivity contribution in [2.24, 2.45) is 0 Å². The molecule has 1 fully saturated rings. The summed E-state index contributed by atoms with van der Waals surface area (Å²) in [5.74, 6) is -0.156. The first-order chi connectivity index (χ1) is 25.3. The quantitative estimate of drug-likeness (QED) is 0.141. The molecular formula is C39H36BrFN6O5. The topological polar surface area (TPSA) is 111 Å². The van der Waals surface area contributed by atoms with Crippen molar-refractivity contribution in [1.29, 1.82) is 0 Å². The predicted molar refractivity (Wildman–Crippen MR) is 202 cm³/mol. The van der Waals surface area contributed by atoms with Crippen LogP contribution in [0.5, 0.6) is 23.0 Å². The molecule has 4 aromatic carbocycles. The van der Waals surface area contributed by atoms with Gasteiger partial charge in [0.2, 0.25) is 5.43 Å². The van der Waals surface area contributed by atoms with Crippen LogP contribution in [0, 0.1) is 5.82 Å². The highest BCUT2D eigenvalue weighted by Gasteiger charge is 2.20. The molecule has 0 spiro atoms. The monoisotopic (exact) mass is 766 g/mol. The number of piperazine rings is 1. The van der Waals surface area contributed by atoms with E-state index in [0.29, 0.717) is 51.3 Å². The van der Waals surface area contributed by atoms with Gasteiger partial charge in [-0.25, -0.2) is 9.07 Å². The Bertz CT molecular complexity index is 2310. The summed E-state index contributed by atoms with van der Waals surface area (Å²) >= 11 is 3.42. The zero-order chi connectivity index (χ0) is 36.2. The molecule has 1 N–H and O–H groups in total. The second kappa shape index (κ2) is 15.5. The molecule has 2 aromatic heterocycles. The number of benzene rings is 4. The van der Waals surface area contributed by atoms with Gasteiger partial charge in [-0.05, 0) is 74.1 Å². The van der Waals surface area contributed by atoms with Crippen molar-refractivity contribution in [3.63, 3.8) is 0 Å². The number of anilines is 1. The largest absolute Gasteiger partial charge is 0.493 e. The van der Waals surface area contributed by atoms with Crippen LogP contribution in [0.2, 0.25) is 0 Å². The normalized spacial score (nSPS) is 13.7. The molecule has 0 unspecified atom stereocenters. The van der Waals surface area contributed by atoms with Crippen molar-refractivity contribution in [3.05, 3.63) is 117 Å². The second-order valence-corrected chi connectivity index (χ2v) is 13.4. The lowest BCUT2D eigenvalue weighted by molar-refractivity contribution is 0.102. The fourth-order valence-corrected chi connectivity index (χ4v) is 6.37. The Balaban J connectivity index is 1.07. The first-order valence-electron chi connectivity index (χ1n) is 16.8. The number of likely N-dealkylation sites (N-methyl/N-ethyl adjacent to an activating group) is 1. The number of halogens is 2. The Morgan fingerprint density at radius 1 is 0.904 bits per heavy atom. The number of nitrogens with one attached hydrogen (secondary N) is 1. The summed E-state index contributed by atoms with van der Waals surface area (Å²) in [6.45, 7) is 5.74. The zero-order valence-electron chi connectivity index (χ0n) is 28.6. The van der Waals surface area contributed by atoms with Crippen LogP contribution in [0.25, 0.3) is 27.5 Å². The summed E-state index contributed by atoms with van der Waals surface area (Å²) in [4.78, 5) is 36.0. The molecule has 0 bridgehead atoms. The van der Waals surface area contributed by atoms with Crippen LogP contribution in [0.3, 0.4) is 0 Å². The highest BCUT2D eigenvalue weighted by molar-refractivity contribution is 9.10. The van der Waals surface area contributed by atoms with E-state index in [4.69, 9.17) is 14.2 Å². The molecule has 0 atom stereocenters. The average molecular weight is 768 g/mol. The molecule has 1 amide bonds. The molecule has 266 valence electrons. The molecule has 7 rings (SSSR count). The minimum Gasteiger partial charge on any atom is -0.493 e. The standard InChI is InChI=1S/C39H36BrFN6O5/c1-45-17-19-46(20-18-45)16-5-21-51-36-24-31-29(23-35(36)50-2)33(14-15-42-31)52-34-13-10-26(22-30(34)41)43-39(49)37-38(48)28-6-3-4-7-32(28)47(44-37)27-11-8-25(40)9-12-27/h3-4,6-15,22-24H,5,16-21H2,1-2H3,(H,43,49). The average Bonchev–Trinajstić information content (AvgIpc) is 3.15. The maximum atomic E-state index is 15.5. The number of fused-ring (bicyclic) bond motifs is 2. The van der Waals surface area contributed by atoms with Gasteiger partial charge < -0.3 is 29.3 Å². The zero-order valence-corrected chi connectivity index (χ0v) is 30.2. The molecule has 0 aliphatic carbocycles. The van der Waals surface area contributed by atoms with E-state index in [0.717, 1.165) is 49.7 Å². The summed E-state index contributed by atoms with van der Waals surface area (Å²) in [6, 6.07) is 23.4. The highest BCUT2D eigenvalue weighted by atomic mass is 79.9. The van der Waals surface area contributed by atoms with Crippen LogP contribution in [0.15, 0.2) is 100 Å². The molecule has 13 heteroatoms. The maximum Gasteiger partial charge on any atom is 0.280 e. The summed E-state index contributed by atoms with van der Waals surface area (Å²) in [6.07, 6.45) is 2.45. The van der Waals surface area contributed by atoms with Crippen molar-refractivity contribution in [1.82, 2.24) is 24.6 Å². The SMILES string of the molecule is COc1cc2c(Oc3ccc(NC(=O)c4nn(-c5ccc(Br)cc5)c5ccccc5c4=O)cc3F)ccnc2cc1OCCCN1CCN(C)CC1. The van der Waals surface area contributed by atoms with E-state index >= 15 is 4.39 Å². The number of rotatable bonds is 11. The van der Waals surface area contributed by atoms with Crippen LogP contribution < -0.4 is 25.0 Å². The van der Waals surface area contributed by atoms with Crippen molar-refractivity contribution >= 4 is 49.3 Å². The van der Waals surface area contributed by atoms with E-state index in [9.17, 15) is 9.59 Å². The lowest BCUT2D eigenvalue weighted by Gasteiger charge is -2.32. The van der Waals surface area contributed by atoms with Gasteiger partial charge in [0.05, 0.1) is 35.8 Å². The van der Waals surface area contributed by atoms with E-state index in [1.165, 1.54) is 16.8 Å². The Hall–Kier alpha value is -5.37. The van der Waals surface area contributed by atoms with Crippen molar-refractivity contribution < 1.29 is 23.4 Å². The molecule has 1 aliphatic rings. The second-order valence-electron chi connectivity index (χ2n) is 12.5. The third-order valence-electron chi connectivity index (χ3n) is 8.95. The first kappa shape index (κ1) is 35.1. The van der Waals surface area contributed by atoms with Gasteiger partial charge in [-0.15, -0.1) is 0 Å². The van der Waals surface area contributed by atoms with E-state index in [2.05, 4.69) is 48.2 Å². The van der Waals surface area contributed by atoms with Crippen molar-refractivity contribution in [2.45, 2.75) is 6.42 Å². The number of amides is 1. The number of aromatic nitrogens is 3. The number of hydrogen-bond acceptors (Lipinski definition) is 9. The summed E-state index contributed by atoms with van der Waals surface area (Å²) < 4.78 is 35.7. The number of methoxy groups -OCH3 is 1. The lowest BCUT2D eigenvalue weighted by Crippen LogP contribution is -2.44. The number of para-hydroxylation sites is 1. The van der Waals surface area contributed by atoms with Gasteiger partial charge in [-0.3, -0.25) is 14.6 Å². The summed E-state index contributed by atoms with van der Waals surface area (Å²) in [5.41, 5.74) is 1.03. The van der Waals surface area contributed by atoms with Crippen LogP contribution in [-0.4, -0.2) is 84.0 Å². The molecule has 0 saturated carbocycles. The van der Waals surface area contributed by atoms with E-state index in [1.807, 2.05) is 24.3 Å². The Kier molecular flexibility index (Phi) is 10.4. The Morgan fingerprint density at radius 3 is 2.46 bits per heavy atom. The molecular weight excluding hydrogens is 731 g/mol. The van der Waals surface area contributed by atoms with Crippen LogP contribution >= 0.6 is 15.9 Å². The Labute approximate surface area is 307 Å². The van der Waals surface area contributed by atoms with E-state index in [1.54, 1.807) is 55.8 Å². The smallest absolute Gasteiger partial charge is 0.280 e. The third-order valence-corrected chi connectivity index (χ3v) is 9.48. The molecule has 52 heavy (non-hydrogen) atoms. The van der Waals surface area contributed by atoms with Crippen molar-refractivity contribution in [3.8, 4) is 28.7 Å². The number of hydrogen-bond donors (Lipinski definition) is 1. The van der Waals surface area contributed by atoms with E-state index < -0.39 is 17.2 Å². The summed E-state index contributed by atoms with van der Waals surface area (Å²) in [5, 5.41) is 7.95. The molecule has 1 aliphatic heterocycles. The molecule has 3 heterocycles. The minimum atomic E-state index is -0.778. The van der Waals surface area contributed by atoms with Gasteiger partial charge in [-0.2, -0.15) is 5.10 Å². The number of nitrogens with zero attached hydrogens (tertiary/aromatic N) is 5. The molecule has 0 radical (unpaired) electrons. The van der Waals surface area contributed by atoms with Crippen molar-refractivity contribution in [2.75, 3.05) is 58.8 Å². The van der Waals surface area contributed by atoms with Gasteiger partial charge in [0.25, 0.3) is 5.91 Å². The number of carbonyl (C=O) groups is 1.